The van der Waals surface area contributed by atoms with E-state index in [1.165, 1.54) is 16.0 Å². The van der Waals surface area contributed by atoms with E-state index < -0.39 is 0 Å². The molecular formula is C14H17NOS. The van der Waals surface area contributed by atoms with Gasteiger partial charge in [0.05, 0.1) is 21.7 Å². The van der Waals surface area contributed by atoms with Gasteiger partial charge in [0.1, 0.15) is 0 Å². The number of hydrogen-bond acceptors (Lipinski definition) is 3. The smallest absolute Gasteiger partial charge is 0.0871 e. The summed E-state index contributed by atoms with van der Waals surface area (Å²) >= 11 is 1.68. The molecule has 0 N–H and O–H groups in total. The summed E-state index contributed by atoms with van der Waals surface area (Å²) < 4.78 is 5.47. The molecule has 90 valence electrons. The van der Waals surface area contributed by atoms with Gasteiger partial charge >= 0.3 is 0 Å². The molecule has 0 saturated heterocycles. The predicted octanol–water partition coefficient (Wildman–Crippen LogP) is 4.00. The van der Waals surface area contributed by atoms with Crippen molar-refractivity contribution in [1.29, 1.82) is 0 Å². The standard InChI is InChI=1S/C14H17NOS/c1-10-13(17-9-15-10)11-5-7-12(8-6-11)14(2,3)16-4/h5-9H,1-4H3. The van der Waals surface area contributed by atoms with Crippen LogP contribution >= 0.6 is 11.3 Å². The van der Waals surface area contributed by atoms with Gasteiger partial charge in [-0.15, -0.1) is 11.3 Å². The number of aromatic nitrogens is 1. The van der Waals surface area contributed by atoms with Crippen molar-refractivity contribution in [1.82, 2.24) is 4.98 Å². The zero-order valence-electron chi connectivity index (χ0n) is 10.7. The summed E-state index contributed by atoms with van der Waals surface area (Å²) in [7, 11) is 1.74. The molecule has 0 amide bonds. The van der Waals surface area contributed by atoms with Crippen LogP contribution in [-0.2, 0) is 10.3 Å². The maximum atomic E-state index is 5.47. The number of ether oxygens (including phenoxy) is 1. The van der Waals surface area contributed by atoms with Crippen LogP contribution < -0.4 is 0 Å². The Bertz CT molecular complexity index is 499. The van der Waals surface area contributed by atoms with Crippen LogP contribution in [0.5, 0.6) is 0 Å². The summed E-state index contributed by atoms with van der Waals surface area (Å²) in [5.74, 6) is 0. The number of nitrogens with zero attached hydrogens (tertiary/aromatic N) is 1. The van der Waals surface area contributed by atoms with Crippen molar-refractivity contribution in [3.63, 3.8) is 0 Å². The average molecular weight is 247 g/mol. The Kier molecular flexibility index (Phi) is 3.31. The van der Waals surface area contributed by atoms with E-state index in [0.29, 0.717) is 0 Å². The number of benzene rings is 1. The van der Waals surface area contributed by atoms with Gasteiger partial charge in [-0.05, 0) is 31.9 Å². The lowest BCUT2D eigenvalue weighted by atomic mass is 9.96. The molecule has 0 bridgehead atoms. The third kappa shape index (κ3) is 2.40. The molecule has 0 aliphatic heterocycles. The molecule has 0 radical (unpaired) electrons. The summed E-state index contributed by atoms with van der Waals surface area (Å²) in [5, 5.41) is 0. The van der Waals surface area contributed by atoms with Gasteiger partial charge in [0.2, 0.25) is 0 Å². The number of methoxy groups -OCH3 is 1. The molecule has 1 aromatic carbocycles. The Hall–Kier alpha value is -1.19. The fourth-order valence-electron chi connectivity index (χ4n) is 1.72. The molecule has 17 heavy (non-hydrogen) atoms. The van der Waals surface area contributed by atoms with Crippen molar-refractivity contribution < 1.29 is 4.74 Å². The molecule has 0 aliphatic carbocycles. The first-order valence-electron chi connectivity index (χ1n) is 5.61. The summed E-state index contributed by atoms with van der Waals surface area (Å²) in [6.45, 7) is 6.18. The van der Waals surface area contributed by atoms with Crippen molar-refractivity contribution in [2.75, 3.05) is 7.11 Å². The second kappa shape index (κ2) is 4.59. The highest BCUT2D eigenvalue weighted by Gasteiger charge is 2.19. The summed E-state index contributed by atoms with van der Waals surface area (Å²) in [6.07, 6.45) is 0. The Morgan fingerprint density at radius 2 is 1.82 bits per heavy atom. The molecule has 2 nitrogen and oxygen atoms in total. The third-order valence-corrected chi connectivity index (χ3v) is 4.08. The van der Waals surface area contributed by atoms with Crippen LogP contribution in [0, 0.1) is 6.92 Å². The van der Waals surface area contributed by atoms with Crippen molar-refractivity contribution in [2.24, 2.45) is 0 Å². The summed E-state index contributed by atoms with van der Waals surface area (Å²) in [4.78, 5) is 5.52. The molecule has 0 aliphatic rings. The van der Waals surface area contributed by atoms with Crippen molar-refractivity contribution in [2.45, 2.75) is 26.4 Å². The summed E-state index contributed by atoms with van der Waals surface area (Å²) in [5.41, 5.74) is 5.15. The zero-order chi connectivity index (χ0) is 12.5. The van der Waals surface area contributed by atoms with Crippen LogP contribution in [0.25, 0.3) is 10.4 Å². The minimum Gasteiger partial charge on any atom is -0.374 e. The molecule has 0 atom stereocenters. The Balaban J connectivity index is 2.34. The fourth-order valence-corrected chi connectivity index (χ4v) is 2.53. The lowest BCUT2D eigenvalue weighted by Crippen LogP contribution is -2.19. The molecule has 3 heteroatoms. The molecular weight excluding hydrogens is 230 g/mol. The van der Waals surface area contributed by atoms with Crippen LogP contribution in [0.3, 0.4) is 0 Å². The summed E-state index contributed by atoms with van der Waals surface area (Å²) in [6, 6.07) is 8.52. The molecule has 0 spiro atoms. The lowest BCUT2D eigenvalue weighted by Gasteiger charge is -2.23. The molecule has 2 aromatic rings. The minimum atomic E-state index is -0.235. The highest BCUT2D eigenvalue weighted by Crippen LogP contribution is 2.30. The van der Waals surface area contributed by atoms with Crippen LogP contribution in [-0.4, -0.2) is 12.1 Å². The first kappa shape index (κ1) is 12.3. The Morgan fingerprint density at radius 3 is 2.29 bits per heavy atom. The van der Waals surface area contributed by atoms with E-state index in [2.05, 4.69) is 43.1 Å². The SMILES string of the molecule is COC(C)(C)c1ccc(-c2scnc2C)cc1. The van der Waals surface area contributed by atoms with Crippen LogP contribution in [0.2, 0.25) is 0 Å². The Morgan fingerprint density at radius 1 is 1.18 bits per heavy atom. The maximum absolute atomic E-state index is 5.47. The van der Waals surface area contributed by atoms with Crippen molar-refractivity contribution in [3.8, 4) is 10.4 Å². The van der Waals surface area contributed by atoms with Gasteiger partial charge in [-0.2, -0.15) is 0 Å². The fraction of sp³-hybridized carbons (Fsp3) is 0.357. The van der Waals surface area contributed by atoms with Gasteiger partial charge in [0, 0.05) is 7.11 Å². The molecule has 1 aromatic heterocycles. The van der Waals surface area contributed by atoms with Crippen LogP contribution in [0.1, 0.15) is 25.1 Å². The van der Waals surface area contributed by atoms with Crippen LogP contribution in [0.15, 0.2) is 29.8 Å². The normalized spacial score (nSPS) is 11.8. The molecule has 0 fully saturated rings. The number of aryl methyl sites for hydroxylation is 1. The van der Waals surface area contributed by atoms with E-state index in [-0.39, 0.29) is 5.60 Å². The highest BCUT2D eigenvalue weighted by atomic mass is 32.1. The van der Waals surface area contributed by atoms with E-state index >= 15 is 0 Å². The lowest BCUT2D eigenvalue weighted by molar-refractivity contribution is 0.0192. The molecule has 2 rings (SSSR count). The van der Waals surface area contributed by atoms with E-state index in [0.717, 1.165) is 5.69 Å². The average Bonchev–Trinajstić information content (AvgIpc) is 2.76. The van der Waals surface area contributed by atoms with Gasteiger partial charge < -0.3 is 4.74 Å². The second-order valence-electron chi connectivity index (χ2n) is 4.56. The van der Waals surface area contributed by atoms with Gasteiger partial charge in [-0.1, -0.05) is 24.3 Å². The topological polar surface area (TPSA) is 22.1 Å². The first-order valence-corrected chi connectivity index (χ1v) is 6.49. The molecule has 0 unspecified atom stereocenters. The highest BCUT2D eigenvalue weighted by molar-refractivity contribution is 7.13. The third-order valence-electron chi connectivity index (χ3n) is 3.10. The Labute approximate surface area is 106 Å². The number of rotatable bonds is 3. The zero-order valence-corrected chi connectivity index (χ0v) is 11.5. The predicted molar refractivity (Wildman–Crippen MR) is 72.3 cm³/mol. The number of hydrogen-bond donors (Lipinski definition) is 0. The minimum absolute atomic E-state index is 0.235. The first-order chi connectivity index (χ1) is 8.04. The number of thiazole rings is 1. The van der Waals surface area contributed by atoms with E-state index in [9.17, 15) is 0 Å². The molecule has 1 heterocycles. The van der Waals surface area contributed by atoms with E-state index in [1.807, 2.05) is 12.4 Å². The quantitative estimate of drug-likeness (QED) is 0.818. The van der Waals surface area contributed by atoms with E-state index in [4.69, 9.17) is 4.74 Å². The monoisotopic (exact) mass is 247 g/mol. The van der Waals surface area contributed by atoms with Crippen molar-refractivity contribution in [3.05, 3.63) is 41.0 Å². The maximum Gasteiger partial charge on any atom is 0.0871 e. The van der Waals surface area contributed by atoms with E-state index in [1.54, 1.807) is 18.4 Å². The van der Waals surface area contributed by atoms with Crippen LogP contribution in [0.4, 0.5) is 0 Å². The largest absolute Gasteiger partial charge is 0.374 e. The van der Waals surface area contributed by atoms with Gasteiger partial charge in [0.15, 0.2) is 0 Å². The second-order valence-corrected chi connectivity index (χ2v) is 5.41. The van der Waals surface area contributed by atoms with Crippen molar-refractivity contribution >= 4 is 11.3 Å². The van der Waals surface area contributed by atoms with Gasteiger partial charge in [-0.25, -0.2) is 4.98 Å². The molecule has 0 saturated carbocycles. The van der Waals surface area contributed by atoms with Gasteiger partial charge in [-0.3, -0.25) is 0 Å². The van der Waals surface area contributed by atoms with Gasteiger partial charge in [0.25, 0.3) is 0 Å².